The summed E-state index contributed by atoms with van der Waals surface area (Å²) in [6.07, 6.45) is 4.77. The second-order valence-corrected chi connectivity index (χ2v) is 6.09. The first kappa shape index (κ1) is 15.4. The van der Waals surface area contributed by atoms with Gasteiger partial charge in [-0.2, -0.15) is 0 Å². The minimum absolute atomic E-state index is 0.0673. The first-order chi connectivity index (χ1) is 8.43. The number of aliphatic hydroxyl groups is 1. The number of carbonyl (C=O) groups is 1. The van der Waals surface area contributed by atoms with E-state index in [1.165, 1.54) is 0 Å². The molecule has 1 aliphatic rings. The molecule has 0 aliphatic heterocycles. The summed E-state index contributed by atoms with van der Waals surface area (Å²) in [6.45, 7) is 7.41. The molecule has 1 amide bonds. The van der Waals surface area contributed by atoms with Crippen LogP contribution in [0.1, 0.15) is 52.9 Å². The molecule has 4 heteroatoms. The molecule has 0 aromatic heterocycles. The Balaban J connectivity index is 2.12. The maximum Gasteiger partial charge on any atom is 0.234 e. The van der Waals surface area contributed by atoms with Crippen molar-refractivity contribution < 1.29 is 9.90 Å². The maximum absolute atomic E-state index is 11.7. The lowest BCUT2D eigenvalue weighted by atomic mass is 9.87. The van der Waals surface area contributed by atoms with Gasteiger partial charge in [-0.15, -0.1) is 0 Å². The lowest BCUT2D eigenvalue weighted by molar-refractivity contribution is -0.121. The zero-order chi connectivity index (χ0) is 13.6. The highest BCUT2D eigenvalue weighted by molar-refractivity contribution is 5.78. The van der Waals surface area contributed by atoms with Crippen LogP contribution in [0.4, 0.5) is 0 Å². The third-order valence-electron chi connectivity index (χ3n) is 3.90. The normalized spacial score (nSPS) is 24.9. The first-order valence-corrected chi connectivity index (χ1v) is 7.12. The fraction of sp³-hybridized carbons (Fsp3) is 0.929. The predicted octanol–water partition coefficient (Wildman–Crippen LogP) is 1.43. The molecule has 3 N–H and O–H groups in total. The second-order valence-electron chi connectivity index (χ2n) is 6.09. The summed E-state index contributed by atoms with van der Waals surface area (Å²) in [7, 11) is 0. The number of amides is 1. The SMILES string of the molecule is CCC(C)(C)NC(=O)CNCC1CCC(O)CC1. The van der Waals surface area contributed by atoms with Crippen LogP contribution in [0, 0.1) is 5.92 Å². The van der Waals surface area contributed by atoms with Crippen molar-refractivity contribution in [3.05, 3.63) is 0 Å². The summed E-state index contributed by atoms with van der Waals surface area (Å²) in [5.41, 5.74) is -0.117. The van der Waals surface area contributed by atoms with Gasteiger partial charge in [-0.3, -0.25) is 4.79 Å². The predicted molar refractivity (Wildman–Crippen MR) is 73.3 cm³/mol. The van der Waals surface area contributed by atoms with Crippen LogP contribution in [0.15, 0.2) is 0 Å². The number of carbonyl (C=O) groups excluding carboxylic acids is 1. The largest absolute Gasteiger partial charge is 0.393 e. The number of hydrogen-bond donors (Lipinski definition) is 3. The molecule has 18 heavy (non-hydrogen) atoms. The third-order valence-corrected chi connectivity index (χ3v) is 3.90. The minimum Gasteiger partial charge on any atom is -0.393 e. The van der Waals surface area contributed by atoms with Crippen molar-refractivity contribution >= 4 is 5.91 Å². The molecule has 1 aliphatic carbocycles. The number of hydrogen-bond acceptors (Lipinski definition) is 3. The molecular formula is C14H28N2O2. The number of aliphatic hydroxyl groups excluding tert-OH is 1. The summed E-state index contributed by atoms with van der Waals surface area (Å²) >= 11 is 0. The second kappa shape index (κ2) is 7.10. The van der Waals surface area contributed by atoms with Crippen molar-refractivity contribution in [2.24, 2.45) is 5.92 Å². The van der Waals surface area contributed by atoms with Gasteiger partial charge in [0.1, 0.15) is 0 Å². The fourth-order valence-electron chi connectivity index (χ4n) is 2.25. The van der Waals surface area contributed by atoms with Gasteiger partial charge in [-0.1, -0.05) is 6.92 Å². The Hall–Kier alpha value is -0.610. The standard InChI is InChI=1S/C14H28N2O2/c1-4-14(2,3)16-13(18)10-15-9-11-5-7-12(17)8-6-11/h11-12,15,17H,4-10H2,1-3H3,(H,16,18). The van der Waals surface area contributed by atoms with Gasteiger partial charge in [0.15, 0.2) is 0 Å². The summed E-state index contributed by atoms with van der Waals surface area (Å²) in [5, 5.41) is 15.6. The van der Waals surface area contributed by atoms with Crippen LogP contribution < -0.4 is 10.6 Å². The Labute approximate surface area is 111 Å². The van der Waals surface area contributed by atoms with E-state index in [9.17, 15) is 9.90 Å². The highest BCUT2D eigenvalue weighted by Crippen LogP contribution is 2.23. The van der Waals surface area contributed by atoms with E-state index in [0.29, 0.717) is 12.5 Å². The molecule has 1 fully saturated rings. The van der Waals surface area contributed by atoms with E-state index in [-0.39, 0.29) is 17.6 Å². The minimum atomic E-state index is -0.117. The molecule has 0 radical (unpaired) electrons. The van der Waals surface area contributed by atoms with E-state index >= 15 is 0 Å². The summed E-state index contributed by atoms with van der Waals surface area (Å²) in [6, 6.07) is 0. The molecule has 1 saturated carbocycles. The summed E-state index contributed by atoms with van der Waals surface area (Å²) < 4.78 is 0. The Bertz CT molecular complexity index is 259. The Morgan fingerprint density at radius 2 is 1.89 bits per heavy atom. The van der Waals surface area contributed by atoms with Gasteiger partial charge in [0.05, 0.1) is 12.6 Å². The molecule has 106 valence electrons. The van der Waals surface area contributed by atoms with Gasteiger partial charge >= 0.3 is 0 Å². The third kappa shape index (κ3) is 5.83. The van der Waals surface area contributed by atoms with Crippen LogP contribution in [0.25, 0.3) is 0 Å². The molecule has 4 nitrogen and oxygen atoms in total. The van der Waals surface area contributed by atoms with Crippen LogP contribution in [0.5, 0.6) is 0 Å². The molecule has 0 spiro atoms. The Morgan fingerprint density at radius 1 is 1.28 bits per heavy atom. The van der Waals surface area contributed by atoms with Crippen LogP contribution in [0.2, 0.25) is 0 Å². The molecular weight excluding hydrogens is 228 g/mol. The molecule has 0 heterocycles. The lowest BCUT2D eigenvalue weighted by Gasteiger charge is -2.26. The Morgan fingerprint density at radius 3 is 2.44 bits per heavy atom. The van der Waals surface area contributed by atoms with Gasteiger partial charge < -0.3 is 15.7 Å². The van der Waals surface area contributed by atoms with E-state index in [2.05, 4.69) is 17.6 Å². The molecule has 0 saturated heterocycles. The van der Waals surface area contributed by atoms with Crippen LogP contribution in [-0.4, -0.2) is 35.7 Å². The molecule has 0 unspecified atom stereocenters. The van der Waals surface area contributed by atoms with Crippen molar-refractivity contribution in [1.82, 2.24) is 10.6 Å². The topological polar surface area (TPSA) is 61.4 Å². The Kier molecular flexibility index (Phi) is 6.09. The molecule has 1 rings (SSSR count). The van der Waals surface area contributed by atoms with Crippen molar-refractivity contribution in [1.29, 1.82) is 0 Å². The van der Waals surface area contributed by atoms with Crippen LogP contribution >= 0.6 is 0 Å². The number of rotatable bonds is 6. The van der Waals surface area contributed by atoms with E-state index in [0.717, 1.165) is 38.6 Å². The van der Waals surface area contributed by atoms with Crippen molar-refractivity contribution in [3.63, 3.8) is 0 Å². The van der Waals surface area contributed by atoms with E-state index in [4.69, 9.17) is 0 Å². The summed E-state index contributed by atoms with van der Waals surface area (Å²) in [4.78, 5) is 11.7. The van der Waals surface area contributed by atoms with Gasteiger partial charge in [-0.05, 0) is 58.4 Å². The van der Waals surface area contributed by atoms with Gasteiger partial charge in [0.2, 0.25) is 5.91 Å². The molecule has 0 aromatic carbocycles. The smallest absolute Gasteiger partial charge is 0.234 e. The van der Waals surface area contributed by atoms with Gasteiger partial charge in [0, 0.05) is 5.54 Å². The van der Waals surface area contributed by atoms with Gasteiger partial charge in [-0.25, -0.2) is 0 Å². The van der Waals surface area contributed by atoms with Crippen molar-refractivity contribution in [2.75, 3.05) is 13.1 Å². The molecule has 0 aromatic rings. The fourth-order valence-corrected chi connectivity index (χ4v) is 2.25. The molecule has 0 bridgehead atoms. The average molecular weight is 256 g/mol. The lowest BCUT2D eigenvalue weighted by Crippen LogP contribution is -2.47. The van der Waals surface area contributed by atoms with Crippen LogP contribution in [-0.2, 0) is 4.79 Å². The first-order valence-electron chi connectivity index (χ1n) is 7.12. The van der Waals surface area contributed by atoms with E-state index in [1.54, 1.807) is 0 Å². The highest BCUT2D eigenvalue weighted by Gasteiger charge is 2.20. The zero-order valence-electron chi connectivity index (χ0n) is 12.0. The quantitative estimate of drug-likeness (QED) is 0.674. The summed E-state index contributed by atoms with van der Waals surface area (Å²) in [5.74, 6) is 0.679. The number of nitrogens with one attached hydrogen (secondary N) is 2. The maximum atomic E-state index is 11.7. The zero-order valence-corrected chi connectivity index (χ0v) is 12.0. The van der Waals surface area contributed by atoms with Gasteiger partial charge in [0.25, 0.3) is 0 Å². The van der Waals surface area contributed by atoms with E-state index < -0.39 is 0 Å². The molecule has 0 atom stereocenters. The monoisotopic (exact) mass is 256 g/mol. The average Bonchev–Trinajstić information content (AvgIpc) is 2.31. The van der Waals surface area contributed by atoms with Crippen LogP contribution in [0.3, 0.4) is 0 Å². The highest BCUT2D eigenvalue weighted by atomic mass is 16.3. The van der Waals surface area contributed by atoms with Crippen molar-refractivity contribution in [3.8, 4) is 0 Å². The van der Waals surface area contributed by atoms with Crippen molar-refractivity contribution in [2.45, 2.75) is 64.5 Å². The van der Waals surface area contributed by atoms with E-state index in [1.807, 2.05) is 13.8 Å².